The third kappa shape index (κ3) is 4.48. The summed E-state index contributed by atoms with van der Waals surface area (Å²) in [7, 11) is 1.59. The smallest absolute Gasteiger partial charge is 0.267 e. The quantitative estimate of drug-likeness (QED) is 0.290. The number of fused-ring (bicyclic) bond motifs is 3. The van der Waals surface area contributed by atoms with Gasteiger partial charge >= 0.3 is 0 Å². The fraction of sp³-hybridized carbons (Fsp3) is 0.269. The molecule has 5 rings (SSSR count). The minimum absolute atomic E-state index is 0.0519. The van der Waals surface area contributed by atoms with Crippen molar-refractivity contribution in [1.82, 2.24) is 9.55 Å². The molecular formula is C26H25N3O3S2. The van der Waals surface area contributed by atoms with Gasteiger partial charge in [-0.3, -0.25) is 14.2 Å². The average Bonchev–Trinajstić information content (AvgIpc) is 3.22. The average molecular weight is 492 g/mol. The first-order valence-corrected chi connectivity index (χ1v) is 13.0. The lowest BCUT2D eigenvalue weighted by molar-refractivity contribution is -0.113. The van der Waals surface area contributed by atoms with Gasteiger partial charge in [0, 0.05) is 16.6 Å². The number of benzene rings is 2. The molecule has 2 aromatic heterocycles. The van der Waals surface area contributed by atoms with Crippen molar-refractivity contribution in [2.24, 2.45) is 0 Å². The van der Waals surface area contributed by atoms with Crippen LogP contribution in [0.25, 0.3) is 15.9 Å². The predicted molar refractivity (Wildman–Crippen MR) is 139 cm³/mol. The topological polar surface area (TPSA) is 73.2 Å². The molecule has 8 heteroatoms. The fourth-order valence-corrected chi connectivity index (χ4v) is 6.35. The summed E-state index contributed by atoms with van der Waals surface area (Å²) in [5, 5.41) is 4.16. The van der Waals surface area contributed by atoms with Gasteiger partial charge in [-0.15, -0.1) is 11.3 Å². The van der Waals surface area contributed by atoms with E-state index in [1.807, 2.05) is 49.4 Å². The Morgan fingerprint density at radius 1 is 1.18 bits per heavy atom. The predicted octanol–water partition coefficient (Wildman–Crippen LogP) is 5.37. The van der Waals surface area contributed by atoms with Crippen molar-refractivity contribution in [3.63, 3.8) is 0 Å². The highest BCUT2D eigenvalue weighted by molar-refractivity contribution is 7.99. The van der Waals surface area contributed by atoms with Crippen LogP contribution in [0, 0.1) is 6.92 Å². The van der Waals surface area contributed by atoms with E-state index in [1.165, 1.54) is 16.6 Å². The number of aromatic nitrogens is 2. The molecule has 0 spiro atoms. The van der Waals surface area contributed by atoms with Crippen molar-refractivity contribution in [3.05, 3.63) is 74.9 Å². The van der Waals surface area contributed by atoms with Gasteiger partial charge in [-0.05, 0) is 62.4 Å². The van der Waals surface area contributed by atoms with E-state index in [0.29, 0.717) is 16.6 Å². The molecule has 1 N–H and O–H groups in total. The third-order valence-electron chi connectivity index (χ3n) is 5.94. The molecule has 0 saturated heterocycles. The maximum absolute atomic E-state index is 13.8. The Morgan fingerprint density at radius 2 is 1.97 bits per heavy atom. The molecular weight excluding hydrogens is 466 g/mol. The number of thioether (sulfide) groups is 1. The summed E-state index contributed by atoms with van der Waals surface area (Å²) in [5.41, 5.74) is 3.65. The van der Waals surface area contributed by atoms with Crippen LogP contribution in [0.2, 0.25) is 0 Å². The summed E-state index contributed by atoms with van der Waals surface area (Å²) in [6.07, 6.45) is 4.18. The van der Waals surface area contributed by atoms with Gasteiger partial charge in [0.05, 0.1) is 23.9 Å². The monoisotopic (exact) mass is 491 g/mol. The molecule has 0 bridgehead atoms. The maximum Gasteiger partial charge on any atom is 0.267 e. The van der Waals surface area contributed by atoms with E-state index in [2.05, 4.69) is 5.32 Å². The molecule has 1 aliphatic rings. The highest BCUT2D eigenvalue weighted by Crippen LogP contribution is 2.35. The minimum Gasteiger partial charge on any atom is -0.497 e. The second-order valence-electron chi connectivity index (χ2n) is 8.33. The summed E-state index contributed by atoms with van der Waals surface area (Å²) in [5.74, 6) is 0.632. The van der Waals surface area contributed by atoms with E-state index < -0.39 is 0 Å². The Labute approximate surface area is 206 Å². The van der Waals surface area contributed by atoms with Crippen LogP contribution in [0.1, 0.15) is 28.8 Å². The first-order valence-electron chi connectivity index (χ1n) is 11.2. The van der Waals surface area contributed by atoms with Crippen LogP contribution in [0.15, 0.2) is 58.5 Å². The van der Waals surface area contributed by atoms with Crippen molar-refractivity contribution >= 4 is 44.9 Å². The van der Waals surface area contributed by atoms with Crippen molar-refractivity contribution in [2.75, 3.05) is 18.2 Å². The fourth-order valence-electron chi connectivity index (χ4n) is 4.23. The molecule has 2 aromatic carbocycles. The zero-order valence-electron chi connectivity index (χ0n) is 19.1. The number of nitrogens with zero attached hydrogens (tertiary/aromatic N) is 2. The molecule has 1 aliphatic carbocycles. The van der Waals surface area contributed by atoms with Crippen LogP contribution in [0.3, 0.4) is 0 Å². The summed E-state index contributed by atoms with van der Waals surface area (Å²) in [4.78, 5) is 33.4. The number of hydrogen-bond acceptors (Lipinski definition) is 6. The molecule has 6 nitrogen and oxygen atoms in total. The molecule has 174 valence electrons. The van der Waals surface area contributed by atoms with Crippen molar-refractivity contribution in [3.8, 4) is 11.4 Å². The van der Waals surface area contributed by atoms with Gasteiger partial charge in [0.25, 0.3) is 5.56 Å². The van der Waals surface area contributed by atoms with Gasteiger partial charge in [0.1, 0.15) is 10.6 Å². The van der Waals surface area contributed by atoms with Gasteiger partial charge in [-0.2, -0.15) is 0 Å². The summed E-state index contributed by atoms with van der Waals surface area (Å²) >= 11 is 2.90. The molecule has 0 aliphatic heterocycles. The van der Waals surface area contributed by atoms with Gasteiger partial charge < -0.3 is 10.1 Å². The molecule has 0 radical (unpaired) electrons. The first kappa shape index (κ1) is 22.7. The molecule has 4 aromatic rings. The zero-order valence-corrected chi connectivity index (χ0v) is 20.7. The van der Waals surface area contributed by atoms with Crippen molar-refractivity contribution in [1.29, 1.82) is 0 Å². The summed E-state index contributed by atoms with van der Waals surface area (Å²) < 4.78 is 6.88. The Hall–Kier alpha value is -3.10. The number of thiophene rings is 1. The van der Waals surface area contributed by atoms with Crippen LogP contribution in [-0.2, 0) is 17.6 Å². The highest BCUT2D eigenvalue weighted by atomic mass is 32.2. The van der Waals surface area contributed by atoms with Gasteiger partial charge in [0.2, 0.25) is 5.91 Å². The van der Waals surface area contributed by atoms with E-state index in [0.717, 1.165) is 52.7 Å². The highest BCUT2D eigenvalue weighted by Gasteiger charge is 2.23. The van der Waals surface area contributed by atoms with E-state index in [-0.39, 0.29) is 17.2 Å². The van der Waals surface area contributed by atoms with E-state index >= 15 is 0 Å². The number of aryl methyl sites for hydroxylation is 3. The SMILES string of the molecule is COc1cccc(NC(=O)CSc2nc3sc4c(c3c(=O)n2-c2ccc(C)cc2)CCCC4)c1. The largest absolute Gasteiger partial charge is 0.497 e. The number of carbonyl (C=O) groups excluding carboxylic acids is 1. The summed E-state index contributed by atoms with van der Waals surface area (Å²) in [6.45, 7) is 2.02. The molecule has 2 heterocycles. The van der Waals surface area contributed by atoms with Crippen molar-refractivity contribution < 1.29 is 9.53 Å². The number of methoxy groups -OCH3 is 1. The van der Waals surface area contributed by atoms with Gasteiger partial charge in [-0.25, -0.2) is 4.98 Å². The van der Waals surface area contributed by atoms with Crippen molar-refractivity contribution in [2.45, 2.75) is 37.8 Å². The number of anilines is 1. The lowest BCUT2D eigenvalue weighted by Crippen LogP contribution is -2.23. The van der Waals surface area contributed by atoms with Crippen LogP contribution in [0.5, 0.6) is 5.75 Å². The van der Waals surface area contributed by atoms with Gasteiger partial charge in [-0.1, -0.05) is 35.5 Å². The molecule has 34 heavy (non-hydrogen) atoms. The lowest BCUT2D eigenvalue weighted by Gasteiger charge is -2.14. The Morgan fingerprint density at radius 3 is 2.76 bits per heavy atom. The number of nitrogens with one attached hydrogen (secondary N) is 1. The lowest BCUT2D eigenvalue weighted by atomic mass is 9.97. The number of amides is 1. The summed E-state index contributed by atoms with van der Waals surface area (Å²) in [6, 6.07) is 15.1. The number of rotatable bonds is 6. The Bertz CT molecular complexity index is 1420. The first-order chi connectivity index (χ1) is 16.5. The normalized spacial score (nSPS) is 13.0. The second kappa shape index (κ2) is 9.64. The van der Waals surface area contributed by atoms with E-state index in [9.17, 15) is 9.59 Å². The van der Waals surface area contributed by atoms with Gasteiger partial charge in [0.15, 0.2) is 5.16 Å². The standard InChI is InChI=1S/C26H25N3O3S2/c1-16-10-12-18(13-11-16)29-25(31)23-20-8-3-4-9-21(20)34-24(23)28-26(29)33-15-22(30)27-17-6-5-7-19(14-17)32-2/h5-7,10-14H,3-4,8-9,15H2,1-2H3,(H,27,30). The number of hydrogen-bond donors (Lipinski definition) is 1. The second-order valence-corrected chi connectivity index (χ2v) is 10.4. The van der Waals surface area contributed by atoms with E-state index in [1.54, 1.807) is 29.1 Å². The van der Waals surface area contributed by atoms with Crippen LogP contribution in [-0.4, -0.2) is 28.3 Å². The molecule has 0 atom stereocenters. The van der Waals surface area contributed by atoms with Crippen LogP contribution < -0.4 is 15.6 Å². The molecule has 0 fully saturated rings. The Kier molecular flexibility index (Phi) is 6.43. The minimum atomic E-state index is -0.173. The zero-order chi connectivity index (χ0) is 23.7. The van der Waals surface area contributed by atoms with Crippen LogP contribution in [0.4, 0.5) is 5.69 Å². The number of ether oxygens (including phenoxy) is 1. The maximum atomic E-state index is 13.8. The third-order valence-corrected chi connectivity index (χ3v) is 8.06. The molecule has 0 saturated carbocycles. The Balaban J connectivity index is 1.50. The number of carbonyl (C=O) groups is 1. The van der Waals surface area contributed by atoms with Crippen LogP contribution >= 0.6 is 23.1 Å². The molecule has 0 unspecified atom stereocenters. The molecule has 1 amide bonds. The van der Waals surface area contributed by atoms with E-state index in [4.69, 9.17) is 9.72 Å².